The fourth-order valence-electron chi connectivity index (χ4n) is 0.618. The second-order valence-corrected chi connectivity index (χ2v) is 2.24. The minimum atomic E-state index is -0.364. The molecule has 1 heterocycles. The lowest BCUT2D eigenvalue weighted by atomic mass is 10.6. The first-order valence-corrected chi connectivity index (χ1v) is 3.43. The van der Waals surface area contributed by atoms with Gasteiger partial charge in [0.1, 0.15) is 0 Å². The van der Waals surface area contributed by atoms with Gasteiger partial charge in [0.25, 0.3) is 0 Å². The lowest BCUT2D eigenvalue weighted by Gasteiger charge is -2.12. The summed E-state index contributed by atoms with van der Waals surface area (Å²) in [6, 6.07) is -0.364. The molecule has 13 heavy (non-hydrogen) atoms. The Labute approximate surface area is 74.5 Å². The Kier molecular flexibility index (Phi) is 2.81. The monoisotopic (exact) mass is 180 g/mol. The highest BCUT2D eigenvalue weighted by atomic mass is 16.2. The number of carbonyl (C=O) groups is 1. The van der Waals surface area contributed by atoms with Crippen molar-refractivity contribution in [2.45, 2.75) is 0 Å². The molecule has 0 bridgehead atoms. The summed E-state index contributed by atoms with van der Waals surface area (Å²) in [5.41, 5.74) is 0. The summed E-state index contributed by atoms with van der Waals surface area (Å²) in [5, 5.41) is 14.8. The second-order valence-electron chi connectivity index (χ2n) is 2.24. The summed E-state index contributed by atoms with van der Waals surface area (Å²) >= 11 is 0. The molecule has 0 radical (unpaired) electrons. The summed E-state index contributed by atoms with van der Waals surface area (Å²) < 4.78 is 0. The fraction of sp³-hybridized carbons (Fsp3) is 0.333. The highest BCUT2D eigenvalue weighted by Crippen LogP contribution is 1.93. The number of anilines is 1. The number of urea groups is 1. The van der Waals surface area contributed by atoms with Crippen LogP contribution in [0.2, 0.25) is 0 Å². The van der Waals surface area contributed by atoms with E-state index in [4.69, 9.17) is 6.42 Å². The molecule has 68 valence electrons. The van der Waals surface area contributed by atoms with Crippen molar-refractivity contribution in [1.29, 1.82) is 0 Å². The minimum Gasteiger partial charge on any atom is -0.316 e. The Bertz CT molecular complexity index is 312. The van der Waals surface area contributed by atoms with Gasteiger partial charge in [0.15, 0.2) is 0 Å². The van der Waals surface area contributed by atoms with Crippen molar-refractivity contribution in [3.63, 3.8) is 0 Å². The van der Waals surface area contributed by atoms with E-state index in [1.54, 1.807) is 7.05 Å². The van der Waals surface area contributed by atoms with Gasteiger partial charge >= 0.3 is 6.03 Å². The molecule has 1 aromatic heterocycles. The van der Waals surface area contributed by atoms with Crippen LogP contribution in [0.15, 0.2) is 0 Å². The molecule has 1 aromatic rings. The Hall–Kier alpha value is -2.10. The molecule has 0 aliphatic rings. The lowest BCUT2D eigenvalue weighted by molar-refractivity contribution is 0.227. The number of nitrogens with zero attached hydrogens (tertiary/aromatic N) is 4. The van der Waals surface area contributed by atoms with E-state index in [0.29, 0.717) is 0 Å². The number of amides is 2. The number of rotatable bonds is 2. The van der Waals surface area contributed by atoms with Crippen LogP contribution in [0, 0.1) is 12.3 Å². The van der Waals surface area contributed by atoms with Crippen molar-refractivity contribution in [2.24, 2.45) is 0 Å². The summed E-state index contributed by atoms with van der Waals surface area (Å²) in [5.74, 6) is 2.52. The first-order valence-electron chi connectivity index (χ1n) is 3.43. The van der Waals surface area contributed by atoms with E-state index in [-0.39, 0.29) is 18.5 Å². The van der Waals surface area contributed by atoms with Crippen molar-refractivity contribution >= 4 is 12.0 Å². The predicted octanol–water partition coefficient (Wildman–Crippen LogP) is -0.703. The van der Waals surface area contributed by atoms with Crippen molar-refractivity contribution in [3.8, 4) is 12.3 Å². The number of aromatic nitrogens is 4. The molecule has 0 fully saturated rings. The smallest absolute Gasteiger partial charge is 0.316 e. The first-order chi connectivity index (χ1) is 6.24. The van der Waals surface area contributed by atoms with Crippen LogP contribution in [0.3, 0.4) is 0 Å². The topological polar surface area (TPSA) is 86.8 Å². The SMILES string of the molecule is C#CCN(C)C(=O)Nc1nnn[nH]1. The van der Waals surface area contributed by atoms with Gasteiger partial charge in [-0.15, -0.1) is 6.42 Å². The zero-order chi connectivity index (χ0) is 9.68. The molecule has 0 spiro atoms. The fourth-order valence-corrected chi connectivity index (χ4v) is 0.618. The van der Waals surface area contributed by atoms with Gasteiger partial charge in [-0.25, -0.2) is 9.89 Å². The molecular weight excluding hydrogens is 172 g/mol. The van der Waals surface area contributed by atoms with Crippen LogP contribution in [0.4, 0.5) is 10.7 Å². The van der Waals surface area contributed by atoms with Crippen molar-refractivity contribution < 1.29 is 4.79 Å². The molecule has 7 nitrogen and oxygen atoms in total. The van der Waals surface area contributed by atoms with E-state index >= 15 is 0 Å². The van der Waals surface area contributed by atoms with Crippen LogP contribution < -0.4 is 5.32 Å². The third-order valence-corrected chi connectivity index (χ3v) is 1.25. The van der Waals surface area contributed by atoms with Crippen LogP contribution in [0.25, 0.3) is 0 Å². The standard InChI is InChI=1S/C6H8N6O/c1-3-4-12(2)6(13)7-5-8-10-11-9-5/h1H,4H2,2H3,(H2,7,8,9,10,11,13). The van der Waals surface area contributed by atoms with Crippen LogP contribution in [-0.4, -0.2) is 45.1 Å². The van der Waals surface area contributed by atoms with Gasteiger partial charge in [0.2, 0.25) is 5.95 Å². The molecule has 0 aliphatic heterocycles. The number of nitrogens with one attached hydrogen (secondary N) is 2. The zero-order valence-electron chi connectivity index (χ0n) is 6.98. The number of hydrogen-bond donors (Lipinski definition) is 2. The lowest BCUT2D eigenvalue weighted by Crippen LogP contribution is -2.31. The molecule has 0 saturated heterocycles. The second kappa shape index (κ2) is 4.06. The van der Waals surface area contributed by atoms with Gasteiger partial charge < -0.3 is 4.90 Å². The largest absolute Gasteiger partial charge is 0.324 e. The average Bonchev–Trinajstić information content (AvgIpc) is 2.57. The molecule has 0 aromatic carbocycles. The first kappa shape index (κ1) is 8.99. The average molecular weight is 180 g/mol. The molecule has 0 aliphatic carbocycles. The van der Waals surface area contributed by atoms with E-state index in [1.807, 2.05) is 0 Å². The number of aromatic amines is 1. The van der Waals surface area contributed by atoms with Crippen LogP contribution in [-0.2, 0) is 0 Å². The van der Waals surface area contributed by atoms with Gasteiger partial charge in [-0.05, 0) is 10.4 Å². The van der Waals surface area contributed by atoms with Crippen molar-refractivity contribution in [3.05, 3.63) is 0 Å². The molecule has 0 atom stereocenters. The van der Waals surface area contributed by atoms with E-state index in [2.05, 4.69) is 31.9 Å². The van der Waals surface area contributed by atoms with Crippen LogP contribution in [0.1, 0.15) is 0 Å². The normalized spacial score (nSPS) is 8.92. The van der Waals surface area contributed by atoms with Crippen LogP contribution >= 0.6 is 0 Å². The maximum absolute atomic E-state index is 11.2. The summed E-state index contributed by atoms with van der Waals surface area (Å²) in [6.45, 7) is 0.230. The predicted molar refractivity (Wildman–Crippen MR) is 44.7 cm³/mol. The minimum absolute atomic E-state index is 0.189. The van der Waals surface area contributed by atoms with E-state index < -0.39 is 0 Å². The summed E-state index contributed by atoms with van der Waals surface area (Å²) in [4.78, 5) is 12.5. The Balaban J connectivity index is 2.47. The zero-order valence-corrected chi connectivity index (χ0v) is 6.98. The number of H-pyrrole nitrogens is 1. The molecule has 0 unspecified atom stereocenters. The molecule has 2 amide bonds. The Morgan fingerprint density at radius 2 is 2.62 bits per heavy atom. The van der Waals surface area contributed by atoms with Gasteiger partial charge in [-0.1, -0.05) is 11.0 Å². The third kappa shape index (κ3) is 2.44. The molecular formula is C6H8N6O. The van der Waals surface area contributed by atoms with Gasteiger partial charge in [-0.3, -0.25) is 5.32 Å². The van der Waals surface area contributed by atoms with Crippen LogP contribution in [0.5, 0.6) is 0 Å². The summed E-state index contributed by atoms with van der Waals surface area (Å²) in [6.07, 6.45) is 5.02. The summed E-state index contributed by atoms with van der Waals surface area (Å²) in [7, 11) is 1.57. The Morgan fingerprint density at radius 1 is 1.85 bits per heavy atom. The molecule has 1 rings (SSSR count). The van der Waals surface area contributed by atoms with E-state index in [1.165, 1.54) is 4.90 Å². The maximum atomic E-state index is 11.2. The number of carbonyl (C=O) groups excluding carboxylic acids is 1. The molecule has 2 N–H and O–H groups in total. The third-order valence-electron chi connectivity index (χ3n) is 1.25. The van der Waals surface area contributed by atoms with Crippen molar-refractivity contribution in [2.75, 3.05) is 18.9 Å². The number of tetrazole rings is 1. The highest BCUT2D eigenvalue weighted by Gasteiger charge is 2.08. The van der Waals surface area contributed by atoms with Gasteiger partial charge in [-0.2, -0.15) is 0 Å². The quantitative estimate of drug-likeness (QED) is 0.589. The number of hydrogen-bond acceptors (Lipinski definition) is 4. The van der Waals surface area contributed by atoms with Crippen molar-refractivity contribution in [1.82, 2.24) is 25.5 Å². The molecule has 7 heteroatoms. The maximum Gasteiger partial charge on any atom is 0.324 e. The van der Waals surface area contributed by atoms with Gasteiger partial charge in [0, 0.05) is 7.05 Å². The van der Waals surface area contributed by atoms with E-state index in [9.17, 15) is 4.79 Å². The Morgan fingerprint density at radius 3 is 3.15 bits per heavy atom. The highest BCUT2D eigenvalue weighted by molar-refractivity contribution is 5.87. The molecule has 0 saturated carbocycles. The number of terminal acetylenes is 1. The van der Waals surface area contributed by atoms with E-state index in [0.717, 1.165) is 0 Å². The van der Waals surface area contributed by atoms with Gasteiger partial charge in [0.05, 0.1) is 6.54 Å².